The van der Waals surface area contributed by atoms with Crippen molar-refractivity contribution in [3.63, 3.8) is 0 Å². The van der Waals surface area contributed by atoms with Crippen molar-refractivity contribution in [2.45, 2.75) is 132 Å². The summed E-state index contributed by atoms with van der Waals surface area (Å²) in [6, 6.07) is 0. The lowest BCUT2D eigenvalue weighted by Crippen LogP contribution is -2.54. The molecule has 1 aliphatic heterocycles. The lowest BCUT2D eigenvalue weighted by molar-refractivity contribution is -0.288. The van der Waals surface area contributed by atoms with Crippen LogP contribution in [0.4, 0.5) is 0 Å². The van der Waals surface area contributed by atoms with Crippen molar-refractivity contribution in [1.82, 2.24) is 0 Å². The highest BCUT2D eigenvalue weighted by Gasteiger charge is 2.63. The van der Waals surface area contributed by atoms with Crippen LogP contribution in [0.1, 0.15) is 114 Å². The van der Waals surface area contributed by atoms with E-state index in [1.807, 2.05) is 34.6 Å². The lowest BCUT2D eigenvalue weighted by atomic mass is 9.52. The summed E-state index contributed by atoms with van der Waals surface area (Å²) in [5.74, 6) is 1.15. The molecule has 0 aromatic rings. The van der Waals surface area contributed by atoms with Gasteiger partial charge in [0, 0.05) is 25.0 Å². The predicted molar refractivity (Wildman–Crippen MR) is 148 cm³/mol. The van der Waals surface area contributed by atoms with Gasteiger partial charge >= 0.3 is 0 Å². The second-order valence-corrected chi connectivity index (χ2v) is 12.4. The molecular weight excluding hydrogens is 452 g/mol. The molecule has 0 spiro atoms. The fourth-order valence-electron chi connectivity index (χ4n) is 8.77. The molecule has 1 heterocycles. The number of hydrogen-bond acceptors (Lipinski definition) is 5. The summed E-state index contributed by atoms with van der Waals surface area (Å²) in [5, 5.41) is 20.9. The third-order valence-corrected chi connectivity index (χ3v) is 11.1. The predicted octanol–water partition coefficient (Wildman–Crippen LogP) is 6.84. The Labute approximate surface area is 223 Å². The van der Waals surface area contributed by atoms with Crippen molar-refractivity contribution in [2.24, 2.45) is 39.9 Å². The zero-order valence-electron chi connectivity index (χ0n) is 25.4. The van der Waals surface area contributed by atoms with E-state index in [9.17, 15) is 10.2 Å². The Morgan fingerprint density at radius 2 is 1.67 bits per heavy atom. The fourth-order valence-corrected chi connectivity index (χ4v) is 8.77. The zero-order chi connectivity index (χ0) is 27.4. The lowest BCUT2D eigenvalue weighted by Gasteiger charge is -2.53. The maximum absolute atomic E-state index is 10.5. The molecule has 10 unspecified atom stereocenters. The number of rotatable bonds is 7. The normalized spacial score (nSPS) is 45.3. The molecule has 36 heavy (non-hydrogen) atoms. The minimum absolute atomic E-state index is 0.0446. The van der Waals surface area contributed by atoms with Crippen LogP contribution in [0.25, 0.3) is 0 Å². The van der Waals surface area contributed by atoms with Crippen LogP contribution in [0.15, 0.2) is 0 Å². The van der Waals surface area contributed by atoms with E-state index in [1.54, 1.807) is 7.11 Å². The molecule has 3 saturated carbocycles. The van der Waals surface area contributed by atoms with E-state index in [1.165, 1.54) is 6.42 Å². The monoisotopic (exact) mass is 512 g/mol. The standard InChI is InChI=1S/C27H48O5.2C2H6/c1-7-32-27(16-28,30-6)22-9-8-21-20(18(2)10-13-25(21,22)4)14-23-26(5)15-19(29)11-12-24(26,3)17-31-23;2*1-2/h18-23,28-29H,7-17H2,1-6H3;2*1-2H3. The molecule has 5 heteroatoms. The molecule has 214 valence electrons. The van der Waals surface area contributed by atoms with Gasteiger partial charge in [0.05, 0.1) is 25.4 Å². The van der Waals surface area contributed by atoms with Crippen LogP contribution in [0, 0.1) is 39.9 Å². The van der Waals surface area contributed by atoms with Gasteiger partial charge in [0.1, 0.15) is 0 Å². The summed E-state index contributed by atoms with van der Waals surface area (Å²) in [6.07, 6.45) is 8.51. The Hall–Kier alpha value is -0.200. The second-order valence-electron chi connectivity index (χ2n) is 12.4. The molecule has 3 aliphatic carbocycles. The molecule has 2 N–H and O–H groups in total. The van der Waals surface area contributed by atoms with Crippen LogP contribution in [0.3, 0.4) is 0 Å². The molecule has 10 atom stereocenters. The van der Waals surface area contributed by atoms with Crippen molar-refractivity contribution in [2.75, 3.05) is 26.9 Å². The molecule has 0 aromatic heterocycles. The number of hydrogen-bond donors (Lipinski definition) is 2. The van der Waals surface area contributed by atoms with Crippen molar-refractivity contribution in [3.05, 3.63) is 0 Å². The molecule has 5 nitrogen and oxygen atoms in total. The summed E-state index contributed by atoms with van der Waals surface area (Å²) in [5.41, 5.74) is 0.316. The average Bonchev–Trinajstić information content (AvgIpc) is 3.36. The molecule has 0 radical (unpaired) electrons. The quantitative estimate of drug-likeness (QED) is 0.366. The summed E-state index contributed by atoms with van der Waals surface area (Å²) in [7, 11) is 1.69. The second kappa shape index (κ2) is 12.8. The Balaban J connectivity index is 0.00000109. The van der Waals surface area contributed by atoms with Gasteiger partial charge in [-0.25, -0.2) is 0 Å². The number of aliphatic hydroxyl groups is 2. The van der Waals surface area contributed by atoms with Gasteiger partial charge in [-0.2, -0.15) is 0 Å². The van der Waals surface area contributed by atoms with Crippen molar-refractivity contribution < 1.29 is 24.4 Å². The zero-order valence-corrected chi connectivity index (χ0v) is 25.4. The molecule has 0 bridgehead atoms. The van der Waals surface area contributed by atoms with E-state index >= 15 is 0 Å². The van der Waals surface area contributed by atoms with Gasteiger partial charge < -0.3 is 24.4 Å². The van der Waals surface area contributed by atoms with Crippen LogP contribution in [0.5, 0.6) is 0 Å². The van der Waals surface area contributed by atoms with E-state index < -0.39 is 5.79 Å². The van der Waals surface area contributed by atoms with Gasteiger partial charge in [-0.15, -0.1) is 0 Å². The van der Waals surface area contributed by atoms with Gasteiger partial charge in [-0.3, -0.25) is 0 Å². The minimum atomic E-state index is -0.898. The van der Waals surface area contributed by atoms with Gasteiger partial charge in [0.25, 0.3) is 0 Å². The fraction of sp³-hybridized carbons (Fsp3) is 1.00. The molecule has 4 fully saturated rings. The Morgan fingerprint density at radius 3 is 2.25 bits per heavy atom. The Morgan fingerprint density at radius 1 is 1.00 bits per heavy atom. The number of aliphatic hydroxyl groups excluding tert-OH is 2. The third kappa shape index (κ3) is 5.30. The van der Waals surface area contributed by atoms with E-state index in [2.05, 4.69) is 27.7 Å². The van der Waals surface area contributed by atoms with Crippen molar-refractivity contribution in [3.8, 4) is 0 Å². The Bertz CT molecular complexity index is 665. The van der Waals surface area contributed by atoms with Crippen LogP contribution in [-0.2, 0) is 14.2 Å². The smallest absolute Gasteiger partial charge is 0.194 e. The van der Waals surface area contributed by atoms with E-state index in [-0.39, 0.29) is 41.0 Å². The molecule has 4 rings (SSSR count). The SMILES string of the molecule is CC.CC.CCOC(CO)(OC)C1CCC2C(CC3OCC4(C)CCC(O)CC34C)C(C)CCC21C. The number of methoxy groups -OCH3 is 1. The van der Waals surface area contributed by atoms with Gasteiger partial charge in [0.15, 0.2) is 5.79 Å². The molecule has 4 aliphatic rings. The highest BCUT2D eigenvalue weighted by molar-refractivity contribution is 5.10. The summed E-state index contributed by atoms with van der Waals surface area (Å²) in [6.45, 7) is 20.9. The topological polar surface area (TPSA) is 68.2 Å². The van der Waals surface area contributed by atoms with E-state index in [4.69, 9.17) is 14.2 Å². The first-order valence-electron chi connectivity index (χ1n) is 15.2. The van der Waals surface area contributed by atoms with Gasteiger partial charge in [-0.05, 0) is 86.9 Å². The molecule has 1 saturated heterocycles. The molecular formula is C31H60O5. The largest absolute Gasteiger partial charge is 0.393 e. The summed E-state index contributed by atoms with van der Waals surface area (Å²) in [4.78, 5) is 0. The van der Waals surface area contributed by atoms with Gasteiger partial charge in [0.2, 0.25) is 0 Å². The highest BCUT2D eigenvalue weighted by Crippen LogP contribution is 2.65. The average molecular weight is 513 g/mol. The van der Waals surface area contributed by atoms with Crippen LogP contribution < -0.4 is 0 Å². The van der Waals surface area contributed by atoms with Crippen LogP contribution >= 0.6 is 0 Å². The summed E-state index contributed by atoms with van der Waals surface area (Å²) >= 11 is 0. The minimum Gasteiger partial charge on any atom is -0.393 e. The first-order chi connectivity index (χ1) is 17.1. The van der Waals surface area contributed by atoms with E-state index in [0.29, 0.717) is 24.4 Å². The third-order valence-electron chi connectivity index (χ3n) is 11.1. The van der Waals surface area contributed by atoms with Gasteiger partial charge in [-0.1, -0.05) is 55.4 Å². The van der Waals surface area contributed by atoms with E-state index in [0.717, 1.165) is 51.6 Å². The van der Waals surface area contributed by atoms with Crippen molar-refractivity contribution in [1.29, 1.82) is 0 Å². The van der Waals surface area contributed by atoms with Crippen molar-refractivity contribution >= 4 is 0 Å². The summed E-state index contributed by atoms with van der Waals surface area (Å²) < 4.78 is 18.6. The molecule has 0 aromatic carbocycles. The number of ether oxygens (including phenoxy) is 3. The highest BCUT2D eigenvalue weighted by atomic mass is 16.7. The molecule has 0 amide bonds. The van der Waals surface area contributed by atoms with Crippen LogP contribution in [0.2, 0.25) is 0 Å². The maximum Gasteiger partial charge on any atom is 0.194 e. The van der Waals surface area contributed by atoms with Crippen LogP contribution in [-0.4, -0.2) is 55.1 Å². The maximum atomic E-state index is 10.5. The first-order valence-corrected chi connectivity index (χ1v) is 15.2. The number of fused-ring (bicyclic) bond motifs is 2. The first kappa shape index (κ1) is 32.0. The Kier molecular flexibility index (Phi) is 11.4.